The van der Waals surface area contributed by atoms with E-state index in [2.05, 4.69) is 35.6 Å². The molecule has 0 spiro atoms. The number of phenols is 2. The van der Waals surface area contributed by atoms with Crippen molar-refractivity contribution in [1.82, 2.24) is 21.7 Å². The summed E-state index contributed by atoms with van der Waals surface area (Å²) in [5.41, 5.74) is 11.7. The Labute approximate surface area is 299 Å². The highest BCUT2D eigenvalue weighted by Crippen LogP contribution is 2.26. The van der Waals surface area contributed by atoms with E-state index in [4.69, 9.17) is 0 Å². The number of amides is 4. The Morgan fingerprint density at radius 2 is 0.900 bits per heavy atom. The van der Waals surface area contributed by atoms with E-state index in [9.17, 15) is 29.4 Å². The Hall–Kier alpha value is -4.08. The molecular formula is C40H62N4O6. The first-order valence-electron chi connectivity index (χ1n) is 19.0. The minimum atomic E-state index is -0.789. The van der Waals surface area contributed by atoms with Crippen molar-refractivity contribution in [3.05, 3.63) is 58.7 Å². The maximum Gasteiger partial charge on any atom is 0.273 e. The van der Waals surface area contributed by atoms with Crippen molar-refractivity contribution in [2.24, 2.45) is 11.8 Å². The average molecular weight is 695 g/mol. The fraction of sp³-hybridized carbons (Fsp3) is 0.600. The van der Waals surface area contributed by atoms with Crippen LogP contribution in [0.1, 0.15) is 162 Å². The first kappa shape index (κ1) is 42.1. The summed E-state index contributed by atoms with van der Waals surface area (Å²) in [4.78, 5) is 52.8. The highest BCUT2D eigenvalue weighted by Gasteiger charge is 2.33. The molecule has 0 aliphatic rings. The normalized spacial score (nSPS) is 12.2. The van der Waals surface area contributed by atoms with Gasteiger partial charge in [0.15, 0.2) is 0 Å². The Morgan fingerprint density at radius 1 is 0.500 bits per heavy atom. The molecule has 0 aromatic heterocycles. The number of carbonyl (C=O) groups is 4. The number of hydrazine groups is 2. The number of nitrogens with one attached hydrogen (secondary N) is 4. The zero-order chi connectivity index (χ0) is 36.7. The predicted molar refractivity (Wildman–Crippen MR) is 198 cm³/mol. The number of carbonyl (C=O) groups excluding carboxylic acids is 4. The van der Waals surface area contributed by atoms with Crippen LogP contribution in [-0.4, -0.2) is 33.8 Å². The van der Waals surface area contributed by atoms with Crippen LogP contribution in [-0.2, 0) is 22.4 Å². The van der Waals surface area contributed by atoms with Crippen LogP contribution in [0, 0.1) is 11.8 Å². The lowest BCUT2D eigenvalue weighted by Crippen LogP contribution is -2.51. The molecule has 0 bridgehead atoms. The van der Waals surface area contributed by atoms with Crippen LogP contribution in [0.2, 0.25) is 0 Å². The number of hydrogen-bond donors (Lipinski definition) is 6. The first-order chi connectivity index (χ1) is 24.2. The number of unbranched alkanes of at least 4 members (excludes halogenated alkanes) is 10. The van der Waals surface area contributed by atoms with Gasteiger partial charge in [-0.3, -0.25) is 40.9 Å². The molecule has 0 aliphatic heterocycles. The van der Waals surface area contributed by atoms with Crippen LogP contribution in [0.3, 0.4) is 0 Å². The number of benzene rings is 2. The highest BCUT2D eigenvalue weighted by atomic mass is 16.3. The monoisotopic (exact) mass is 694 g/mol. The second kappa shape index (κ2) is 24.1. The summed E-state index contributed by atoms with van der Waals surface area (Å²) >= 11 is 0. The second-order valence-electron chi connectivity index (χ2n) is 13.4. The maximum atomic E-state index is 13.5. The van der Waals surface area contributed by atoms with Crippen molar-refractivity contribution >= 4 is 23.6 Å². The lowest BCUT2D eigenvalue weighted by molar-refractivity contribution is -0.136. The molecule has 0 saturated heterocycles. The molecule has 50 heavy (non-hydrogen) atoms. The van der Waals surface area contributed by atoms with E-state index >= 15 is 0 Å². The summed E-state index contributed by atoms with van der Waals surface area (Å²) in [7, 11) is 0. The van der Waals surface area contributed by atoms with E-state index in [0.29, 0.717) is 25.7 Å². The number of aromatic hydroxyl groups is 2. The van der Waals surface area contributed by atoms with Gasteiger partial charge in [-0.1, -0.05) is 117 Å². The van der Waals surface area contributed by atoms with Gasteiger partial charge in [0, 0.05) is 0 Å². The molecule has 0 heterocycles. The molecule has 0 saturated carbocycles. The molecule has 2 aromatic rings. The molecule has 0 aliphatic carbocycles. The molecule has 2 atom stereocenters. The van der Waals surface area contributed by atoms with Gasteiger partial charge in [-0.05, 0) is 73.9 Å². The zero-order valence-corrected chi connectivity index (χ0v) is 30.9. The fourth-order valence-corrected chi connectivity index (χ4v) is 6.23. The van der Waals surface area contributed by atoms with Crippen LogP contribution in [0.25, 0.3) is 0 Å². The summed E-state index contributed by atoms with van der Waals surface area (Å²) in [6, 6.07) is 9.89. The van der Waals surface area contributed by atoms with Gasteiger partial charge in [-0.15, -0.1) is 0 Å². The molecule has 4 amide bonds. The third-order valence-electron chi connectivity index (χ3n) is 9.23. The van der Waals surface area contributed by atoms with Gasteiger partial charge in [-0.2, -0.15) is 0 Å². The van der Waals surface area contributed by atoms with Crippen molar-refractivity contribution < 1.29 is 29.4 Å². The van der Waals surface area contributed by atoms with E-state index < -0.39 is 35.5 Å². The Bertz CT molecular complexity index is 1350. The Kier molecular flexibility index (Phi) is 20.3. The third-order valence-corrected chi connectivity index (χ3v) is 9.23. The minimum Gasteiger partial charge on any atom is -0.507 e. The fourth-order valence-electron chi connectivity index (χ4n) is 6.23. The summed E-state index contributed by atoms with van der Waals surface area (Å²) in [5, 5.41) is 21.1. The van der Waals surface area contributed by atoms with Gasteiger partial charge in [0.1, 0.15) is 11.5 Å². The smallest absolute Gasteiger partial charge is 0.273 e. The molecular weight excluding hydrogens is 632 g/mol. The van der Waals surface area contributed by atoms with Crippen molar-refractivity contribution in [2.45, 2.75) is 143 Å². The standard InChI is InChI=1S/C40H62N4O6/c1-5-9-12-14-17-20-29-23-25-33(35(45)27-29)39(49)43-41-37(47)31(19-8-4)32(22-16-11-7-3)38(48)42-44-40(50)34-26-24-30(28-36(34)46)21-18-15-13-10-6-2/h23-28,31-32,45-46H,5-22H2,1-4H3,(H,41,47)(H,42,48)(H,43,49)(H,44,50). The molecule has 2 aromatic carbocycles. The Balaban J connectivity index is 2.03. The van der Waals surface area contributed by atoms with Crippen LogP contribution in [0.5, 0.6) is 11.5 Å². The summed E-state index contributed by atoms with van der Waals surface area (Å²) in [5.74, 6) is -4.29. The minimum absolute atomic E-state index is 0.0373. The van der Waals surface area contributed by atoms with Gasteiger partial charge in [0.05, 0.1) is 23.0 Å². The van der Waals surface area contributed by atoms with Gasteiger partial charge in [-0.25, -0.2) is 0 Å². The zero-order valence-electron chi connectivity index (χ0n) is 30.9. The predicted octanol–water partition coefficient (Wildman–Crippen LogP) is 7.96. The average Bonchev–Trinajstić information content (AvgIpc) is 3.10. The summed E-state index contributed by atoms with van der Waals surface area (Å²) in [6.07, 6.45) is 16.8. The van der Waals surface area contributed by atoms with Crippen LogP contribution in [0.15, 0.2) is 36.4 Å². The van der Waals surface area contributed by atoms with Crippen LogP contribution >= 0.6 is 0 Å². The molecule has 10 heteroatoms. The number of phenolic OH excluding ortho intramolecular Hbond substituents is 2. The van der Waals surface area contributed by atoms with Crippen LogP contribution in [0.4, 0.5) is 0 Å². The van der Waals surface area contributed by atoms with E-state index in [0.717, 1.165) is 62.5 Å². The number of aryl methyl sites for hydroxylation is 2. The molecule has 2 unspecified atom stereocenters. The lowest BCUT2D eigenvalue weighted by Gasteiger charge is -2.26. The summed E-state index contributed by atoms with van der Waals surface area (Å²) < 4.78 is 0. The van der Waals surface area contributed by atoms with Gasteiger partial charge < -0.3 is 10.2 Å². The highest BCUT2D eigenvalue weighted by molar-refractivity contribution is 5.99. The van der Waals surface area contributed by atoms with Gasteiger partial charge in [0.2, 0.25) is 11.8 Å². The Morgan fingerprint density at radius 3 is 1.30 bits per heavy atom. The quantitative estimate of drug-likeness (QED) is 0.0512. The molecule has 2 rings (SSSR count). The van der Waals surface area contributed by atoms with E-state index in [-0.39, 0.29) is 22.6 Å². The van der Waals surface area contributed by atoms with E-state index in [1.807, 2.05) is 26.0 Å². The van der Waals surface area contributed by atoms with Crippen molar-refractivity contribution in [2.75, 3.05) is 0 Å². The van der Waals surface area contributed by atoms with E-state index in [1.54, 1.807) is 24.3 Å². The first-order valence-corrected chi connectivity index (χ1v) is 19.0. The third kappa shape index (κ3) is 14.8. The SMILES string of the molecule is CCCCCCCc1ccc(C(=O)NNC(=O)C(CCC)C(CCCCC)C(=O)NNC(=O)c2ccc(CCCCCCC)cc2O)c(O)c1. The largest absolute Gasteiger partial charge is 0.507 e. The van der Waals surface area contributed by atoms with E-state index in [1.165, 1.54) is 38.5 Å². The van der Waals surface area contributed by atoms with Crippen molar-refractivity contribution in [3.8, 4) is 11.5 Å². The van der Waals surface area contributed by atoms with Crippen LogP contribution < -0.4 is 21.7 Å². The number of hydrogen-bond acceptors (Lipinski definition) is 6. The van der Waals surface area contributed by atoms with Crippen molar-refractivity contribution in [3.63, 3.8) is 0 Å². The molecule has 0 fully saturated rings. The lowest BCUT2D eigenvalue weighted by atomic mass is 9.83. The number of rotatable bonds is 23. The molecule has 278 valence electrons. The van der Waals surface area contributed by atoms with Gasteiger partial charge in [0.25, 0.3) is 11.8 Å². The molecule has 10 nitrogen and oxygen atoms in total. The maximum absolute atomic E-state index is 13.5. The second-order valence-corrected chi connectivity index (χ2v) is 13.4. The van der Waals surface area contributed by atoms with Crippen molar-refractivity contribution in [1.29, 1.82) is 0 Å². The topological polar surface area (TPSA) is 157 Å². The molecule has 6 N–H and O–H groups in total. The molecule has 0 radical (unpaired) electrons. The summed E-state index contributed by atoms with van der Waals surface area (Å²) in [6.45, 7) is 8.29. The van der Waals surface area contributed by atoms with Gasteiger partial charge >= 0.3 is 0 Å².